The first kappa shape index (κ1) is 21.8. The molecule has 0 aliphatic carbocycles. The Bertz CT molecular complexity index is 1010. The van der Waals surface area contributed by atoms with Crippen molar-refractivity contribution in [3.63, 3.8) is 0 Å². The molecule has 2 aliphatic rings. The first-order chi connectivity index (χ1) is 15.0. The van der Waals surface area contributed by atoms with Crippen LogP contribution in [0, 0.1) is 0 Å². The van der Waals surface area contributed by atoms with Gasteiger partial charge in [0.1, 0.15) is 23.7 Å². The Kier molecular flexibility index (Phi) is 6.63. The van der Waals surface area contributed by atoms with Gasteiger partial charge in [0.2, 0.25) is 0 Å². The van der Waals surface area contributed by atoms with E-state index in [1.807, 2.05) is 30.3 Å². The molecule has 31 heavy (non-hydrogen) atoms. The second-order valence-corrected chi connectivity index (χ2v) is 8.41. The minimum absolute atomic E-state index is 0.130. The van der Waals surface area contributed by atoms with Crippen molar-refractivity contribution in [1.82, 2.24) is 4.98 Å². The molecule has 0 bridgehead atoms. The minimum atomic E-state index is -1.28. The van der Waals surface area contributed by atoms with Gasteiger partial charge in [0.15, 0.2) is 12.0 Å². The average molecular weight is 465 g/mol. The largest absolute Gasteiger partial charge is 0.476 e. The summed E-state index contributed by atoms with van der Waals surface area (Å²) in [4.78, 5) is 18.4. The molecule has 2 aliphatic heterocycles. The Morgan fingerprint density at radius 3 is 2.81 bits per heavy atom. The van der Waals surface area contributed by atoms with E-state index in [4.69, 9.17) is 31.3 Å². The summed E-state index contributed by atoms with van der Waals surface area (Å²) in [6.07, 6.45) is -2.15. The number of ether oxygens (including phenoxy) is 3. The van der Waals surface area contributed by atoms with Gasteiger partial charge < -0.3 is 24.4 Å². The maximum absolute atomic E-state index is 11.5. The maximum Gasteiger partial charge on any atom is 0.355 e. The summed E-state index contributed by atoms with van der Waals surface area (Å²) in [6, 6.07) is 9.68. The van der Waals surface area contributed by atoms with Crippen LogP contribution < -0.4 is 0 Å². The molecule has 162 valence electrons. The average Bonchev–Trinajstić information content (AvgIpc) is 2.77. The summed E-state index contributed by atoms with van der Waals surface area (Å²) >= 11 is 6.89. The van der Waals surface area contributed by atoms with Crippen LogP contribution in [0.4, 0.5) is 0 Å². The third kappa shape index (κ3) is 4.63. The topological polar surface area (TPSA) is 147 Å². The van der Waals surface area contributed by atoms with E-state index in [0.717, 1.165) is 17.3 Å². The fourth-order valence-electron chi connectivity index (χ4n) is 3.44. The number of hydrogen-bond acceptors (Lipinski definition) is 8. The first-order valence-electron chi connectivity index (χ1n) is 9.23. The number of azide groups is 1. The second-order valence-electron chi connectivity index (χ2n) is 6.83. The van der Waals surface area contributed by atoms with E-state index in [-0.39, 0.29) is 22.2 Å². The number of pyridine rings is 1. The molecule has 6 atom stereocenters. The lowest BCUT2D eigenvalue weighted by atomic mass is 9.97. The van der Waals surface area contributed by atoms with Crippen LogP contribution >= 0.6 is 23.4 Å². The lowest BCUT2D eigenvalue weighted by Crippen LogP contribution is -2.60. The van der Waals surface area contributed by atoms with Gasteiger partial charge in [-0.05, 0) is 11.6 Å². The Balaban J connectivity index is 1.58. The summed E-state index contributed by atoms with van der Waals surface area (Å²) in [5.74, 6) is -1.25. The van der Waals surface area contributed by atoms with E-state index in [9.17, 15) is 15.0 Å². The molecular weight excluding hydrogens is 448 g/mol. The zero-order chi connectivity index (χ0) is 22.0. The van der Waals surface area contributed by atoms with Crippen LogP contribution in [0.1, 0.15) is 22.3 Å². The molecule has 0 spiro atoms. The van der Waals surface area contributed by atoms with Crippen LogP contribution in [0.15, 0.2) is 52.6 Å². The van der Waals surface area contributed by atoms with Crippen molar-refractivity contribution in [2.45, 2.75) is 41.0 Å². The third-order valence-electron chi connectivity index (χ3n) is 4.86. The van der Waals surface area contributed by atoms with Gasteiger partial charge in [-0.1, -0.05) is 58.8 Å². The molecule has 1 unspecified atom stereocenters. The number of benzene rings is 1. The second kappa shape index (κ2) is 9.41. The number of nitrogens with zero attached hydrogens (tertiary/aromatic N) is 4. The standard InChI is InChI=1S/C19H17ClN4O6S/c20-10-6-12(13(17(26)27)22-7-10)31-19-15(25)14(23-24-21)16-11(29-19)8-28-18(30-16)9-4-2-1-3-5-9/h1-7,11,14-16,18-19,25H,8H2,(H,26,27)/t11-,14-,15-,16+,18?,19-/m1/s1. The molecule has 12 heteroatoms. The molecule has 0 saturated carbocycles. The molecule has 2 saturated heterocycles. The van der Waals surface area contributed by atoms with Crippen molar-refractivity contribution in [2.24, 2.45) is 5.11 Å². The summed E-state index contributed by atoms with van der Waals surface area (Å²) in [7, 11) is 0. The highest BCUT2D eigenvalue weighted by Crippen LogP contribution is 2.40. The Labute approximate surface area is 185 Å². The predicted molar refractivity (Wildman–Crippen MR) is 110 cm³/mol. The number of carboxylic acid groups (broad SMARTS) is 1. The highest BCUT2D eigenvalue weighted by Gasteiger charge is 2.49. The molecule has 4 rings (SSSR count). The number of thioether (sulfide) groups is 1. The molecule has 0 amide bonds. The molecular formula is C19H17ClN4O6S. The van der Waals surface area contributed by atoms with Gasteiger partial charge in [-0.15, -0.1) is 0 Å². The van der Waals surface area contributed by atoms with Crippen LogP contribution in [0.25, 0.3) is 10.4 Å². The van der Waals surface area contributed by atoms with Crippen molar-refractivity contribution < 1.29 is 29.2 Å². The minimum Gasteiger partial charge on any atom is -0.476 e. The van der Waals surface area contributed by atoms with E-state index in [1.54, 1.807) is 0 Å². The van der Waals surface area contributed by atoms with Crippen LogP contribution in [0.3, 0.4) is 0 Å². The van der Waals surface area contributed by atoms with Gasteiger partial charge in [0.05, 0.1) is 17.7 Å². The molecule has 1 aromatic carbocycles. The fourth-order valence-corrected chi connectivity index (χ4v) is 4.86. The Hall–Kier alpha value is -2.37. The van der Waals surface area contributed by atoms with Crippen LogP contribution in [0.2, 0.25) is 5.02 Å². The van der Waals surface area contributed by atoms with E-state index in [0.29, 0.717) is 0 Å². The molecule has 2 fully saturated rings. The summed E-state index contributed by atoms with van der Waals surface area (Å²) < 4.78 is 17.7. The van der Waals surface area contributed by atoms with E-state index >= 15 is 0 Å². The van der Waals surface area contributed by atoms with Crippen LogP contribution in [0.5, 0.6) is 0 Å². The number of rotatable bonds is 5. The summed E-state index contributed by atoms with van der Waals surface area (Å²) in [6.45, 7) is 0.130. The van der Waals surface area contributed by atoms with Gasteiger partial charge in [0.25, 0.3) is 0 Å². The SMILES string of the molecule is [N-]=[N+]=N[C@@H]1[C@@H](O)[C@@H](Sc2cc(Cl)cnc2C(=O)O)O[C@@H]2COC(c3ccccc3)O[C@H]12. The normalized spacial score (nSPS) is 30.1. The van der Waals surface area contributed by atoms with Gasteiger partial charge in [0, 0.05) is 21.6 Å². The smallest absolute Gasteiger partial charge is 0.355 e. The molecule has 0 radical (unpaired) electrons. The molecule has 1 aromatic heterocycles. The van der Waals surface area contributed by atoms with Crippen LogP contribution in [-0.4, -0.2) is 57.6 Å². The molecule has 3 heterocycles. The Morgan fingerprint density at radius 2 is 2.10 bits per heavy atom. The quantitative estimate of drug-likeness (QED) is 0.388. The zero-order valence-corrected chi connectivity index (χ0v) is 17.4. The van der Waals surface area contributed by atoms with E-state index < -0.39 is 42.0 Å². The molecule has 2 aromatic rings. The molecule has 2 N–H and O–H groups in total. The van der Waals surface area contributed by atoms with Gasteiger partial charge >= 0.3 is 5.97 Å². The fraction of sp³-hybridized carbons (Fsp3) is 0.368. The van der Waals surface area contributed by atoms with Crippen LogP contribution in [-0.2, 0) is 14.2 Å². The number of aromatic nitrogens is 1. The summed E-state index contributed by atoms with van der Waals surface area (Å²) in [5.41, 5.74) is 8.64. The predicted octanol–water partition coefficient (Wildman–Crippen LogP) is 3.40. The van der Waals surface area contributed by atoms with Gasteiger partial charge in [-0.25, -0.2) is 9.78 Å². The number of aromatic carboxylic acids is 1. The lowest BCUT2D eigenvalue weighted by molar-refractivity contribution is -0.297. The zero-order valence-electron chi connectivity index (χ0n) is 15.8. The number of aliphatic hydroxyl groups is 1. The number of carboxylic acids is 1. The van der Waals surface area contributed by atoms with Crippen molar-refractivity contribution >= 4 is 29.3 Å². The number of fused-ring (bicyclic) bond motifs is 1. The number of halogens is 1. The first-order valence-corrected chi connectivity index (χ1v) is 10.5. The third-order valence-corrected chi connectivity index (χ3v) is 6.25. The summed E-state index contributed by atoms with van der Waals surface area (Å²) in [5, 5.41) is 24.2. The Morgan fingerprint density at radius 1 is 1.32 bits per heavy atom. The van der Waals surface area contributed by atoms with Crippen molar-refractivity contribution in [3.8, 4) is 0 Å². The van der Waals surface area contributed by atoms with Gasteiger partial charge in [-0.3, -0.25) is 0 Å². The highest BCUT2D eigenvalue weighted by molar-refractivity contribution is 8.00. The number of carbonyl (C=O) groups is 1. The van der Waals surface area contributed by atoms with E-state index in [2.05, 4.69) is 15.0 Å². The van der Waals surface area contributed by atoms with Crippen molar-refractivity contribution in [2.75, 3.05) is 6.61 Å². The molecule has 10 nitrogen and oxygen atoms in total. The van der Waals surface area contributed by atoms with Crippen molar-refractivity contribution in [1.29, 1.82) is 0 Å². The number of hydrogen-bond donors (Lipinski definition) is 2. The monoisotopic (exact) mass is 464 g/mol. The maximum atomic E-state index is 11.5. The highest BCUT2D eigenvalue weighted by atomic mass is 35.5. The number of aliphatic hydroxyl groups excluding tert-OH is 1. The van der Waals surface area contributed by atoms with E-state index in [1.165, 1.54) is 12.3 Å². The lowest BCUT2D eigenvalue weighted by Gasteiger charge is -2.46. The van der Waals surface area contributed by atoms with Crippen molar-refractivity contribution in [3.05, 3.63) is 69.3 Å². The van der Waals surface area contributed by atoms with Gasteiger partial charge in [-0.2, -0.15) is 0 Å².